The van der Waals surface area contributed by atoms with Gasteiger partial charge in [-0.3, -0.25) is 0 Å². The molecule has 0 aliphatic heterocycles. The summed E-state index contributed by atoms with van der Waals surface area (Å²) in [4.78, 5) is 14.7. The first kappa shape index (κ1) is 14.3. The highest BCUT2D eigenvalue weighted by Crippen LogP contribution is 2.25. The number of hydrogen-bond donors (Lipinski definition) is 1. The minimum absolute atomic E-state index is 0.224. The number of aromatic nitrogens is 3. The van der Waals surface area contributed by atoms with Crippen LogP contribution in [0.15, 0.2) is 0 Å². The predicted molar refractivity (Wildman–Crippen MR) is 75.8 cm³/mol. The summed E-state index contributed by atoms with van der Waals surface area (Å²) in [5, 5.41) is 3.50. The summed E-state index contributed by atoms with van der Waals surface area (Å²) in [5.41, 5.74) is 0. The van der Waals surface area contributed by atoms with E-state index in [1.54, 1.807) is 7.11 Å². The van der Waals surface area contributed by atoms with Gasteiger partial charge in [0.25, 0.3) is 0 Å². The summed E-state index contributed by atoms with van der Waals surface area (Å²) in [5.74, 6) is 1.16. The van der Waals surface area contributed by atoms with E-state index in [9.17, 15) is 0 Å². The Morgan fingerprint density at radius 1 is 1.26 bits per heavy atom. The maximum Gasteiger partial charge on any atom is 0.231 e. The van der Waals surface area contributed by atoms with Crippen LogP contribution in [0.5, 0.6) is 0 Å². The van der Waals surface area contributed by atoms with Gasteiger partial charge in [0.2, 0.25) is 17.2 Å². The van der Waals surface area contributed by atoms with Crippen molar-refractivity contribution in [1.29, 1.82) is 0 Å². The molecule has 1 aliphatic rings. The van der Waals surface area contributed by atoms with Crippen molar-refractivity contribution >= 4 is 23.5 Å². The highest BCUT2D eigenvalue weighted by atomic mass is 35.5. The van der Waals surface area contributed by atoms with E-state index in [0.29, 0.717) is 24.0 Å². The molecular formula is C12H20ClN5O. The third-order valence-electron chi connectivity index (χ3n) is 3.40. The van der Waals surface area contributed by atoms with Crippen LogP contribution < -0.4 is 10.2 Å². The number of nitrogens with one attached hydrogen (secondary N) is 1. The quantitative estimate of drug-likeness (QED) is 0.862. The number of anilines is 2. The number of methoxy groups -OCH3 is 1. The molecule has 0 spiro atoms. The van der Waals surface area contributed by atoms with Gasteiger partial charge in [-0.1, -0.05) is 0 Å². The van der Waals surface area contributed by atoms with Gasteiger partial charge < -0.3 is 15.0 Å². The summed E-state index contributed by atoms with van der Waals surface area (Å²) in [6, 6.07) is 0.355. The Hall–Kier alpha value is -1.14. The molecule has 7 heteroatoms. The minimum atomic E-state index is 0.224. The smallest absolute Gasteiger partial charge is 0.231 e. The zero-order valence-corrected chi connectivity index (χ0v) is 12.3. The largest absolute Gasteiger partial charge is 0.381 e. The van der Waals surface area contributed by atoms with Crippen LogP contribution in [0.2, 0.25) is 5.28 Å². The lowest BCUT2D eigenvalue weighted by molar-refractivity contribution is 0.0327. The molecule has 0 atom stereocenters. The van der Waals surface area contributed by atoms with Crippen molar-refractivity contribution < 1.29 is 4.74 Å². The summed E-state index contributed by atoms with van der Waals surface area (Å²) in [6.07, 6.45) is 2.29. The average Bonchev–Trinajstić information content (AvgIpc) is 2.34. The van der Waals surface area contributed by atoms with Crippen LogP contribution in [0, 0.1) is 0 Å². The minimum Gasteiger partial charge on any atom is -0.381 e. The van der Waals surface area contributed by atoms with E-state index < -0.39 is 0 Å². The Kier molecular flexibility index (Phi) is 4.76. The molecule has 1 aromatic rings. The van der Waals surface area contributed by atoms with Gasteiger partial charge in [-0.05, 0) is 38.3 Å². The van der Waals surface area contributed by atoms with Crippen molar-refractivity contribution in [3.63, 3.8) is 0 Å². The van der Waals surface area contributed by atoms with Gasteiger partial charge in [0.15, 0.2) is 0 Å². The molecule has 6 nitrogen and oxygen atoms in total. The molecule has 1 heterocycles. The second-order valence-corrected chi connectivity index (χ2v) is 4.91. The van der Waals surface area contributed by atoms with E-state index in [4.69, 9.17) is 16.3 Å². The fourth-order valence-electron chi connectivity index (χ4n) is 2.11. The number of nitrogens with zero attached hydrogens (tertiary/aromatic N) is 4. The Balaban J connectivity index is 2.04. The SMILES string of the molecule is CCN(CC)c1nc(Cl)nc(NC2CC(OC)C2)n1. The van der Waals surface area contributed by atoms with E-state index in [1.165, 1.54) is 0 Å². The van der Waals surface area contributed by atoms with Crippen LogP contribution in [0.3, 0.4) is 0 Å². The van der Waals surface area contributed by atoms with Gasteiger partial charge in [-0.25, -0.2) is 0 Å². The van der Waals surface area contributed by atoms with Crippen LogP contribution in [-0.2, 0) is 4.74 Å². The van der Waals surface area contributed by atoms with Crippen molar-refractivity contribution in [2.45, 2.75) is 38.8 Å². The highest BCUT2D eigenvalue weighted by Gasteiger charge is 2.29. The van der Waals surface area contributed by atoms with E-state index in [0.717, 1.165) is 25.9 Å². The molecule has 106 valence electrons. The Morgan fingerprint density at radius 3 is 2.53 bits per heavy atom. The third-order valence-corrected chi connectivity index (χ3v) is 3.57. The molecule has 0 bridgehead atoms. The van der Waals surface area contributed by atoms with Crippen LogP contribution in [-0.4, -0.2) is 47.3 Å². The molecule has 1 saturated carbocycles. The van der Waals surface area contributed by atoms with E-state index >= 15 is 0 Å². The highest BCUT2D eigenvalue weighted by molar-refractivity contribution is 6.28. The first-order valence-electron chi connectivity index (χ1n) is 6.62. The molecule has 1 N–H and O–H groups in total. The van der Waals surface area contributed by atoms with Gasteiger partial charge in [0, 0.05) is 26.2 Å². The van der Waals surface area contributed by atoms with Gasteiger partial charge in [0.1, 0.15) is 0 Å². The first-order valence-corrected chi connectivity index (χ1v) is 6.99. The fraction of sp³-hybridized carbons (Fsp3) is 0.750. The average molecular weight is 286 g/mol. The topological polar surface area (TPSA) is 63.2 Å². The van der Waals surface area contributed by atoms with Crippen LogP contribution >= 0.6 is 11.6 Å². The zero-order valence-electron chi connectivity index (χ0n) is 11.6. The summed E-state index contributed by atoms with van der Waals surface area (Å²) in [6.45, 7) is 5.80. The van der Waals surface area contributed by atoms with E-state index in [1.807, 2.05) is 4.90 Å². The zero-order chi connectivity index (χ0) is 13.8. The molecule has 0 saturated heterocycles. The van der Waals surface area contributed by atoms with Crippen LogP contribution in [0.1, 0.15) is 26.7 Å². The normalized spacial score (nSPS) is 21.9. The van der Waals surface area contributed by atoms with Crippen molar-refractivity contribution in [2.75, 3.05) is 30.4 Å². The maximum atomic E-state index is 5.96. The Labute approximate surface area is 118 Å². The van der Waals surface area contributed by atoms with Gasteiger partial charge in [0.05, 0.1) is 6.10 Å². The number of rotatable bonds is 6. The molecule has 1 aliphatic carbocycles. The molecule has 0 amide bonds. The Morgan fingerprint density at radius 2 is 1.95 bits per heavy atom. The maximum absolute atomic E-state index is 5.96. The molecule has 0 aromatic carbocycles. The third kappa shape index (κ3) is 3.45. The van der Waals surface area contributed by atoms with Gasteiger partial charge in [-0.2, -0.15) is 15.0 Å². The van der Waals surface area contributed by atoms with Crippen LogP contribution in [0.25, 0.3) is 0 Å². The number of hydrogen-bond acceptors (Lipinski definition) is 6. The second kappa shape index (κ2) is 6.34. The predicted octanol–water partition coefficient (Wildman–Crippen LogP) is 1.96. The number of ether oxygens (including phenoxy) is 1. The van der Waals surface area contributed by atoms with E-state index in [-0.39, 0.29) is 5.28 Å². The second-order valence-electron chi connectivity index (χ2n) is 4.57. The molecule has 1 fully saturated rings. The Bertz CT molecular complexity index is 421. The van der Waals surface area contributed by atoms with Crippen LogP contribution in [0.4, 0.5) is 11.9 Å². The fourth-order valence-corrected chi connectivity index (χ4v) is 2.27. The lowest BCUT2D eigenvalue weighted by Gasteiger charge is -2.34. The molecule has 0 radical (unpaired) electrons. The number of halogens is 1. The molecular weight excluding hydrogens is 266 g/mol. The van der Waals surface area contributed by atoms with Gasteiger partial charge in [-0.15, -0.1) is 0 Å². The van der Waals surface area contributed by atoms with Crippen molar-refractivity contribution in [3.8, 4) is 0 Å². The molecule has 2 rings (SSSR count). The standard InChI is InChI=1S/C12H20ClN5O/c1-4-18(5-2)12-16-10(13)15-11(17-12)14-8-6-9(7-8)19-3/h8-9H,4-7H2,1-3H3,(H,14,15,16,17). The van der Waals surface area contributed by atoms with Crippen molar-refractivity contribution in [1.82, 2.24) is 15.0 Å². The van der Waals surface area contributed by atoms with Crippen molar-refractivity contribution in [2.24, 2.45) is 0 Å². The first-order chi connectivity index (χ1) is 9.16. The van der Waals surface area contributed by atoms with E-state index in [2.05, 4.69) is 34.1 Å². The molecule has 19 heavy (non-hydrogen) atoms. The van der Waals surface area contributed by atoms with Crippen molar-refractivity contribution in [3.05, 3.63) is 5.28 Å². The summed E-state index contributed by atoms with van der Waals surface area (Å²) in [7, 11) is 1.74. The van der Waals surface area contributed by atoms with Gasteiger partial charge >= 0.3 is 0 Å². The summed E-state index contributed by atoms with van der Waals surface area (Å²) >= 11 is 5.96. The lowest BCUT2D eigenvalue weighted by Crippen LogP contribution is -2.40. The summed E-state index contributed by atoms with van der Waals surface area (Å²) < 4.78 is 5.25. The monoisotopic (exact) mass is 285 g/mol. The molecule has 0 unspecified atom stereocenters. The molecule has 1 aromatic heterocycles. The lowest BCUT2D eigenvalue weighted by atomic mass is 9.89.